The number of ether oxygens (including phenoxy) is 3. The normalized spacial score (nSPS) is 12.4. The van der Waals surface area contributed by atoms with Gasteiger partial charge in [0.1, 0.15) is 24.2 Å². The van der Waals surface area contributed by atoms with Crippen molar-refractivity contribution >= 4 is 29.3 Å². The van der Waals surface area contributed by atoms with Gasteiger partial charge in [-0.1, -0.05) is 11.6 Å². The molecule has 2 aromatic carbocycles. The Morgan fingerprint density at radius 2 is 1.80 bits per heavy atom. The van der Waals surface area contributed by atoms with Crippen LogP contribution in [-0.2, 0) is 15.7 Å². The third-order valence-electron chi connectivity index (χ3n) is 3.71. The SMILES string of the molecule is CCOC(COc1ccc(C(F)(F)F)cc1)CSc1ccc(OCC(=O)O)cc1Cl. The predicted octanol–water partition coefficient (Wildman–Crippen LogP) is 5.40. The number of carboxylic acids is 1. The van der Waals surface area contributed by atoms with Gasteiger partial charge in [0.2, 0.25) is 0 Å². The molecule has 10 heteroatoms. The van der Waals surface area contributed by atoms with E-state index in [4.69, 9.17) is 30.9 Å². The smallest absolute Gasteiger partial charge is 0.416 e. The zero-order valence-electron chi connectivity index (χ0n) is 15.9. The van der Waals surface area contributed by atoms with Crippen LogP contribution in [0.1, 0.15) is 12.5 Å². The first kappa shape index (κ1) is 24.2. The number of aliphatic carboxylic acids is 1. The highest BCUT2D eigenvalue weighted by atomic mass is 35.5. The van der Waals surface area contributed by atoms with E-state index in [1.807, 2.05) is 6.92 Å². The first-order chi connectivity index (χ1) is 14.2. The van der Waals surface area contributed by atoms with E-state index in [-0.39, 0.29) is 12.7 Å². The average molecular weight is 465 g/mol. The molecule has 2 rings (SSSR count). The van der Waals surface area contributed by atoms with Crippen LogP contribution in [0.15, 0.2) is 47.4 Å². The number of hydrogen-bond donors (Lipinski definition) is 1. The highest BCUT2D eigenvalue weighted by Gasteiger charge is 2.30. The van der Waals surface area contributed by atoms with Crippen molar-refractivity contribution in [2.24, 2.45) is 0 Å². The van der Waals surface area contributed by atoms with E-state index < -0.39 is 24.3 Å². The van der Waals surface area contributed by atoms with Gasteiger partial charge in [0.05, 0.1) is 10.6 Å². The Balaban J connectivity index is 1.90. The van der Waals surface area contributed by atoms with Gasteiger partial charge >= 0.3 is 12.1 Å². The fraction of sp³-hybridized carbons (Fsp3) is 0.350. The van der Waals surface area contributed by atoms with E-state index >= 15 is 0 Å². The van der Waals surface area contributed by atoms with E-state index in [1.165, 1.54) is 30.0 Å². The molecule has 2 aromatic rings. The second kappa shape index (κ2) is 11.3. The lowest BCUT2D eigenvalue weighted by Crippen LogP contribution is -2.24. The minimum Gasteiger partial charge on any atom is -0.491 e. The van der Waals surface area contributed by atoms with Crippen molar-refractivity contribution in [1.82, 2.24) is 0 Å². The fourth-order valence-electron chi connectivity index (χ4n) is 2.33. The zero-order chi connectivity index (χ0) is 22.1. The zero-order valence-corrected chi connectivity index (χ0v) is 17.5. The summed E-state index contributed by atoms with van der Waals surface area (Å²) in [5.74, 6) is 0.0652. The molecular formula is C20H20ClF3O5S. The summed E-state index contributed by atoms with van der Waals surface area (Å²) in [6.45, 7) is 1.97. The molecule has 0 aliphatic rings. The molecule has 0 aliphatic heterocycles. The minimum absolute atomic E-state index is 0.156. The topological polar surface area (TPSA) is 65.0 Å². The molecule has 0 fully saturated rings. The molecule has 0 bridgehead atoms. The molecule has 0 saturated carbocycles. The highest BCUT2D eigenvalue weighted by Crippen LogP contribution is 2.32. The quantitative estimate of drug-likeness (QED) is 0.449. The van der Waals surface area contributed by atoms with Gasteiger partial charge in [-0.15, -0.1) is 11.8 Å². The summed E-state index contributed by atoms with van der Waals surface area (Å²) in [5.41, 5.74) is -0.739. The fourth-order valence-corrected chi connectivity index (χ4v) is 3.58. The number of thioether (sulfide) groups is 1. The Morgan fingerprint density at radius 1 is 1.13 bits per heavy atom. The molecule has 0 spiro atoms. The van der Waals surface area contributed by atoms with Crippen LogP contribution in [0.3, 0.4) is 0 Å². The van der Waals surface area contributed by atoms with Gasteiger partial charge in [-0.05, 0) is 49.4 Å². The molecule has 0 amide bonds. The lowest BCUT2D eigenvalue weighted by atomic mass is 10.2. The molecule has 1 unspecified atom stereocenters. The number of rotatable bonds is 11. The predicted molar refractivity (Wildman–Crippen MR) is 108 cm³/mol. The Kier molecular flexibility index (Phi) is 9.13. The van der Waals surface area contributed by atoms with Gasteiger partial charge in [-0.3, -0.25) is 0 Å². The first-order valence-electron chi connectivity index (χ1n) is 8.87. The number of halogens is 4. The van der Waals surface area contributed by atoms with Crippen LogP contribution in [0.5, 0.6) is 11.5 Å². The van der Waals surface area contributed by atoms with Crippen molar-refractivity contribution in [3.8, 4) is 11.5 Å². The third-order valence-corrected chi connectivity index (χ3v) is 5.34. The molecule has 0 saturated heterocycles. The first-order valence-corrected chi connectivity index (χ1v) is 10.2. The second-order valence-corrected chi connectivity index (χ2v) is 7.47. The lowest BCUT2D eigenvalue weighted by molar-refractivity contribution is -0.139. The van der Waals surface area contributed by atoms with Crippen molar-refractivity contribution in [2.45, 2.75) is 24.1 Å². The lowest BCUT2D eigenvalue weighted by Gasteiger charge is -2.18. The van der Waals surface area contributed by atoms with Gasteiger partial charge in [0.25, 0.3) is 0 Å². The standard InChI is InChI=1S/C20H20ClF3O5S/c1-2-27-16(10-28-14-5-3-13(4-6-14)20(22,23)24)12-30-18-8-7-15(9-17(18)21)29-11-19(25)26/h3-9,16H,2,10-12H2,1H3,(H,25,26). The van der Waals surface area contributed by atoms with E-state index in [1.54, 1.807) is 12.1 Å². The largest absolute Gasteiger partial charge is 0.491 e. The minimum atomic E-state index is -4.39. The van der Waals surface area contributed by atoms with Crippen molar-refractivity contribution in [3.63, 3.8) is 0 Å². The van der Waals surface area contributed by atoms with Crippen LogP contribution in [-0.4, -0.2) is 42.8 Å². The number of hydrogen-bond acceptors (Lipinski definition) is 5. The maximum absolute atomic E-state index is 12.6. The third kappa shape index (κ3) is 7.97. The van der Waals surface area contributed by atoms with E-state index in [9.17, 15) is 18.0 Å². The molecule has 0 radical (unpaired) electrons. The number of carboxylic acid groups (broad SMARTS) is 1. The van der Waals surface area contributed by atoms with Crippen molar-refractivity contribution in [2.75, 3.05) is 25.6 Å². The van der Waals surface area contributed by atoms with Gasteiger partial charge in [0.15, 0.2) is 6.61 Å². The summed E-state index contributed by atoms with van der Waals surface area (Å²) >= 11 is 7.63. The van der Waals surface area contributed by atoms with Crippen molar-refractivity contribution < 1.29 is 37.3 Å². The number of alkyl halides is 3. The average Bonchev–Trinajstić information content (AvgIpc) is 2.69. The maximum atomic E-state index is 12.6. The number of carbonyl (C=O) groups is 1. The molecule has 164 valence electrons. The highest BCUT2D eigenvalue weighted by molar-refractivity contribution is 7.99. The molecule has 1 N–H and O–H groups in total. The van der Waals surface area contributed by atoms with Gasteiger partial charge in [-0.25, -0.2) is 4.79 Å². The molecule has 0 aliphatic carbocycles. The number of benzene rings is 2. The van der Waals surface area contributed by atoms with Gasteiger partial charge in [-0.2, -0.15) is 13.2 Å². The molecule has 30 heavy (non-hydrogen) atoms. The Labute approximate surface area is 181 Å². The Morgan fingerprint density at radius 3 is 2.37 bits per heavy atom. The van der Waals surface area contributed by atoms with E-state index in [2.05, 4.69) is 0 Å². The van der Waals surface area contributed by atoms with Crippen LogP contribution >= 0.6 is 23.4 Å². The van der Waals surface area contributed by atoms with Crippen LogP contribution in [0.4, 0.5) is 13.2 Å². The molecule has 0 heterocycles. The molecule has 0 aromatic heterocycles. The summed E-state index contributed by atoms with van der Waals surface area (Å²) in [7, 11) is 0. The Bertz CT molecular complexity index is 830. The summed E-state index contributed by atoms with van der Waals surface area (Å²) in [4.78, 5) is 11.3. The molecule has 1 atom stereocenters. The Hall–Kier alpha value is -2.10. The van der Waals surface area contributed by atoms with Gasteiger partial charge < -0.3 is 19.3 Å². The molecule has 5 nitrogen and oxygen atoms in total. The second-order valence-electron chi connectivity index (χ2n) is 6.00. The van der Waals surface area contributed by atoms with Crippen molar-refractivity contribution in [3.05, 3.63) is 53.1 Å². The summed E-state index contributed by atoms with van der Waals surface area (Å²) < 4.78 is 54.1. The van der Waals surface area contributed by atoms with Crippen LogP contribution < -0.4 is 9.47 Å². The summed E-state index contributed by atoms with van der Waals surface area (Å²) in [6, 6.07) is 9.33. The summed E-state index contributed by atoms with van der Waals surface area (Å²) in [6.07, 6.45) is -4.71. The summed E-state index contributed by atoms with van der Waals surface area (Å²) in [5, 5.41) is 9.04. The molecular weight excluding hydrogens is 445 g/mol. The van der Waals surface area contributed by atoms with Crippen LogP contribution in [0.2, 0.25) is 5.02 Å². The monoisotopic (exact) mass is 464 g/mol. The van der Waals surface area contributed by atoms with Crippen molar-refractivity contribution in [1.29, 1.82) is 0 Å². The van der Waals surface area contributed by atoms with Crippen LogP contribution in [0.25, 0.3) is 0 Å². The van der Waals surface area contributed by atoms with E-state index in [0.717, 1.165) is 17.0 Å². The van der Waals surface area contributed by atoms with Gasteiger partial charge in [0, 0.05) is 17.3 Å². The maximum Gasteiger partial charge on any atom is 0.416 e. The van der Waals surface area contributed by atoms with Crippen LogP contribution in [0, 0.1) is 0 Å². The van der Waals surface area contributed by atoms with E-state index in [0.29, 0.717) is 28.9 Å².